The monoisotopic (exact) mass is 482 g/mol. The summed E-state index contributed by atoms with van der Waals surface area (Å²) in [6, 6.07) is 9.90. The van der Waals surface area contributed by atoms with E-state index >= 15 is 0 Å². The number of hydrogen-bond acceptors (Lipinski definition) is 5. The summed E-state index contributed by atoms with van der Waals surface area (Å²) >= 11 is 5.23. The molecule has 6 nitrogen and oxygen atoms in total. The number of hydrogen-bond donors (Lipinski definition) is 1. The topological polar surface area (TPSA) is 69.9 Å². The van der Waals surface area contributed by atoms with Crippen molar-refractivity contribution >= 4 is 44.8 Å². The number of amides is 2. The Labute approximate surface area is 182 Å². The van der Waals surface area contributed by atoms with Crippen LogP contribution in [0.3, 0.4) is 0 Å². The van der Waals surface area contributed by atoms with Crippen LogP contribution in [0.15, 0.2) is 40.2 Å². The Morgan fingerprint density at radius 2 is 1.72 bits per heavy atom. The smallest absolute Gasteiger partial charge is 0.241 e. The summed E-state index contributed by atoms with van der Waals surface area (Å²) < 4.78 is 14.4. The highest BCUT2D eigenvalue weighted by Gasteiger charge is 2.23. The third-order valence-electron chi connectivity index (χ3n) is 4.85. The van der Waals surface area contributed by atoms with Crippen molar-refractivity contribution in [2.75, 3.05) is 44.2 Å². The third kappa shape index (κ3) is 6.60. The summed E-state index contributed by atoms with van der Waals surface area (Å²) in [5, 5.41) is 0. The van der Waals surface area contributed by atoms with Crippen LogP contribution in [0.2, 0.25) is 0 Å². The summed E-state index contributed by atoms with van der Waals surface area (Å²) in [7, 11) is 0. The molecule has 0 radical (unpaired) electrons. The van der Waals surface area contributed by atoms with Crippen molar-refractivity contribution in [2.45, 2.75) is 13.0 Å². The van der Waals surface area contributed by atoms with Gasteiger partial charge < -0.3 is 10.6 Å². The molecule has 1 saturated heterocycles. The Bertz CT molecular complexity index is 837. The predicted molar refractivity (Wildman–Crippen MR) is 116 cm³/mol. The van der Waals surface area contributed by atoms with Gasteiger partial charge in [-0.2, -0.15) is 0 Å². The molecule has 0 unspecified atom stereocenters. The van der Waals surface area contributed by atoms with E-state index in [1.165, 1.54) is 21.9 Å². The van der Waals surface area contributed by atoms with Gasteiger partial charge in [0.25, 0.3) is 0 Å². The normalized spacial score (nSPS) is 15.4. The second-order valence-electron chi connectivity index (χ2n) is 7.00. The Kier molecular flexibility index (Phi) is 7.77. The maximum absolute atomic E-state index is 13.2. The lowest BCUT2D eigenvalue weighted by Crippen LogP contribution is -2.50. The van der Waals surface area contributed by atoms with E-state index in [1.54, 1.807) is 23.5 Å². The van der Waals surface area contributed by atoms with Crippen molar-refractivity contribution in [1.29, 1.82) is 0 Å². The van der Waals surface area contributed by atoms with Gasteiger partial charge in [0.1, 0.15) is 5.82 Å². The van der Waals surface area contributed by atoms with Gasteiger partial charge in [0.2, 0.25) is 11.8 Å². The SMILES string of the molecule is NC(=O)CCN(C(=O)CN1CCN(Cc2ccc(Br)s2)CC1)c1ccc(F)cc1. The molecule has 3 rings (SSSR count). The minimum Gasteiger partial charge on any atom is -0.370 e. The van der Waals surface area contributed by atoms with Crippen LogP contribution in [0.25, 0.3) is 0 Å². The fourth-order valence-corrected chi connectivity index (χ4v) is 4.81. The number of carbonyl (C=O) groups excluding carboxylic acids is 2. The number of benzene rings is 1. The lowest BCUT2D eigenvalue weighted by Gasteiger charge is -2.35. The highest BCUT2D eigenvalue weighted by atomic mass is 79.9. The van der Waals surface area contributed by atoms with Crippen LogP contribution in [0, 0.1) is 5.82 Å². The van der Waals surface area contributed by atoms with Gasteiger partial charge in [-0.3, -0.25) is 19.4 Å². The van der Waals surface area contributed by atoms with Crippen molar-refractivity contribution in [3.63, 3.8) is 0 Å². The van der Waals surface area contributed by atoms with Crippen LogP contribution in [-0.2, 0) is 16.1 Å². The molecular formula is C20H24BrFN4O2S. The summed E-state index contributed by atoms with van der Waals surface area (Å²) in [5.74, 6) is -0.961. The molecule has 2 N–H and O–H groups in total. The van der Waals surface area contributed by atoms with E-state index in [0.717, 1.165) is 36.5 Å². The number of halogens is 2. The molecule has 0 saturated carbocycles. The maximum Gasteiger partial charge on any atom is 0.241 e. The van der Waals surface area contributed by atoms with E-state index in [4.69, 9.17) is 5.73 Å². The van der Waals surface area contributed by atoms with Gasteiger partial charge in [-0.15, -0.1) is 11.3 Å². The van der Waals surface area contributed by atoms with Crippen molar-refractivity contribution in [3.05, 3.63) is 50.9 Å². The molecule has 0 aliphatic carbocycles. The van der Waals surface area contributed by atoms with Gasteiger partial charge in [0, 0.05) is 56.3 Å². The number of thiophene rings is 1. The first-order chi connectivity index (χ1) is 13.9. The molecule has 0 atom stereocenters. The molecule has 2 aromatic rings. The Morgan fingerprint density at radius 3 is 2.31 bits per heavy atom. The lowest BCUT2D eigenvalue weighted by molar-refractivity contribution is -0.120. The Morgan fingerprint density at radius 1 is 1.07 bits per heavy atom. The van der Waals surface area contributed by atoms with Gasteiger partial charge >= 0.3 is 0 Å². The number of anilines is 1. The van der Waals surface area contributed by atoms with Crippen LogP contribution in [-0.4, -0.2) is 60.9 Å². The highest BCUT2D eigenvalue weighted by molar-refractivity contribution is 9.11. The molecule has 156 valence electrons. The van der Waals surface area contributed by atoms with Crippen molar-refractivity contribution < 1.29 is 14.0 Å². The number of rotatable bonds is 8. The van der Waals surface area contributed by atoms with E-state index in [2.05, 4.69) is 37.9 Å². The first kappa shape index (κ1) is 21.9. The molecule has 1 fully saturated rings. The fourth-order valence-electron chi connectivity index (χ4n) is 3.28. The van der Waals surface area contributed by atoms with Gasteiger partial charge in [0.15, 0.2) is 0 Å². The Hall–Kier alpha value is -1.81. The third-order valence-corrected chi connectivity index (χ3v) is 6.46. The van der Waals surface area contributed by atoms with Crippen LogP contribution in [0.5, 0.6) is 0 Å². The molecule has 1 aliphatic rings. The summed E-state index contributed by atoms with van der Waals surface area (Å²) in [6.45, 7) is 4.73. The molecule has 2 heterocycles. The second-order valence-corrected chi connectivity index (χ2v) is 9.54. The first-order valence-electron chi connectivity index (χ1n) is 9.44. The molecule has 0 spiro atoms. The Balaban J connectivity index is 1.55. The van der Waals surface area contributed by atoms with Crippen LogP contribution >= 0.6 is 27.3 Å². The van der Waals surface area contributed by atoms with Gasteiger partial charge in [-0.1, -0.05) is 0 Å². The molecule has 2 amide bonds. The van der Waals surface area contributed by atoms with Gasteiger partial charge in [-0.25, -0.2) is 4.39 Å². The molecule has 29 heavy (non-hydrogen) atoms. The number of primary amides is 1. The van der Waals surface area contributed by atoms with Gasteiger partial charge in [-0.05, 0) is 52.3 Å². The van der Waals surface area contributed by atoms with E-state index in [-0.39, 0.29) is 31.2 Å². The maximum atomic E-state index is 13.2. The van der Waals surface area contributed by atoms with Crippen molar-refractivity contribution in [2.24, 2.45) is 5.73 Å². The zero-order chi connectivity index (χ0) is 20.8. The molecular weight excluding hydrogens is 459 g/mol. The van der Waals surface area contributed by atoms with Crippen molar-refractivity contribution in [1.82, 2.24) is 9.80 Å². The van der Waals surface area contributed by atoms with Crippen LogP contribution < -0.4 is 10.6 Å². The van der Waals surface area contributed by atoms with E-state index in [1.807, 2.05) is 0 Å². The highest BCUT2D eigenvalue weighted by Crippen LogP contribution is 2.23. The minimum atomic E-state index is -0.473. The zero-order valence-corrected chi connectivity index (χ0v) is 18.4. The van der Waals surface area contributed by atoms with E-state index in [0.29, 0.717) is 5.69 Å². The van der Waals surface area contributed by atoms with Crippen LogP contribution in [0.4, 0.5) is 10.1 Å². The summed E-state index contributed by atoms with van der Waals surface area (Å²) in [6.07, 6.45) is 0.0628. The summed E-state index contributed by atoms with van der Waals surface area (Å²) in [4.78, 5) is 31.4. The molecule has 1 aliphatic heterocycles. The predicted octanol–water partition coefficient (Wildman–Crippen LogP) is 2.68. The van der Waals surface area contributed by atoms with Gasteiger partial charge in [0.05, 0.1) is 10.3 Å². The van der Waals surface area contributed by atoms with E-state index in [9.17, 15) is 14.0 Å². The average Bonchev–Trinajstić information content (AvgIpc) is 3.09. The lowest BCUT2D eigenvalue weighted by atomic mass is 10.2. The second kappa shape index (κ2) is 10.3. The van der Waals surface area contributed by atoms with Crippen molar-refractivity contribution in [3.8, 4) is 0 Å². The first-order valence-corrected chi connectivity index (χ1v) is 11.0. The number of nitrogens with two attached hydrogens (primary N) is 1. The number of piperazine rings is 1. The quantitative estimate of drug-likeness (QED) is 0.627. The van der Waals surface area contributed by atoms with E-state index < -0.39 is 5.91 Å². The average molecular weight is 483 g/mol. The van der Waals surface area contributed by atoms with Crippen LogP contribution in [0.1, 0.15) is 11.3 Å². The fraction of sp³-hybridized carbons (Fsp3) is 0.400. The minimum absolute atomic E-state index is 0.0628. The number of nitrogens with zero attached hydrogens (tertiary/aromatic N) is 3. The summed E-state index contributed by atoms with van der Waals surface area (Å²) in [5.41, 5.74) is 5.82. The molecule has 1 aromatic carbocycles. The molecule has 9 heteroatoms. The largest absolute Gasteiger partial charge is 0.370 e. The standard InChI is InChI=1S/C20H24BrFN4O2S/c21-18-6-5-17(29-18)13-24-9-11-25(12-10-24)14-20(28)26(8-7-19(23)27)16-3-1-15(22)2-4-16/h1-6H,7-14H2,(H2,23,27). The zero-order valence-electron chi connectivity index (χ0n) is 16.0. The molecule has 1 aromatic heterocycles. The number of carbonyl (C=O) groups is 2. The molecule has 0 bridgehead atoms.